The summed E-state index contributed by atoms with van der Waals surface area (Å²) in [4.78, 5) is 22.1. The molecule has 0 bridgehead atoms. The van der Waals surface area contributed by atoms with E-state index < -0.39 is 22.5 Å². The van der Waals surface area contributed by atoms with Crippen molar-refractivity contribution in [2.24, 2.45) is 0 Å². The summed E-state index contributed by atoms with van der Waals surface area (Å²) < 4.78 is 28.6. The van der Waals surface area contributed by atoms with E-state index in [2.05, 4.69) is 15.5 Å². The Morgan fingerprint density at radius 1 is 1.24 bits per heavy atom. The SMILES string of the molecule is O=C(Nc1ccc(F)c(F)c1)c1ccn(Cn2cc([N+](=O)[O-])cn2)n1. The fraction of sp³-hybridized carbons (Fsp3) is 0.0714. The van der Waals surface area contributed by atoms with E-state index in [0.717, 1.165) is 18.3 Å². The van der Waals surface area contributed by atoms with Crippen molar-refractivity contribution in [3.63, 3.8) is 0 Å². The van der Waals surface area contributed by atoms with E-state index in [1.165, 1.54) is 33.9 Å². The summed E-state index contributed by atoms with van der Waals surface area (Å²) in [5.41, 5.74) is -0.0454. The van der Waals surface area contributed by atoms with Gasteiger partial charge in [-0.1, -0.05) is 0 Å². The molecule has 0 spiro atoms. The van der Waals surface area contributed by atoms with Gasteiger partial charge in [0.1, 0.15) is 19.1 Å². The van der Waals surface area contributed by atoms with Gasteiger partial charge in [0.05, 0.1) is 4.92 Å². The average Bonchev–Trinajstić information content (AvgIpc) is 3.21. The van der Waals surface area contributed by atoms with Crippen molar-refractivity contribution in [3.8, 4) is 0 Å². The van der Waals surface area contributed by atoms with E-state index in [9.17, 15) is 23.7 Å². The zero-order chi connectivity index (χ0) is 18.0. The summed E-state index contributed by atoms with van der Waals surface area (Å²) in [5.74, 6) is -2.71. The third-order valence-electron chi connectivity index (χ3n) is 3.17. The van der Waals surface area contributed by atoms with Crippen LogP contribution in [0.1, 0.15) is 10.5 Å². The number of carbonyl (C=O) groups is 1. The highest BCUT2D eigenvalue weighted by Crippen LogP contribution is 2.14. The number of amides is 1. The molecule has 0 fully saturated rings. The zero-order valence-electron chi connectivity index (χ0n) is 12.5. The Kier molecular flexibility index (Phi) is 4.20. The number of nitro groups is 1. The van der Waals surface area contributed by atoms with Crippen LogP contribution in [0.25, 0.3) is 0 Å². The third-order valence-corrected chi connectivity index (χ3v) is 3.17. The van der Waals surface area contributed by atoms with Crippen molar-refractivity contribution in [1.29, 1.82) is 0 Å². The molecule has 0 radical (unpaired) electrons. The van der Waals surface area contributed by atoms with Crippen LogP contribution in [0.15, 0.2) is 42.9 Å². The maximum absolute atomic E-state index is 13.1. The second kappa shape index (κ2) is 6.47. The summed E-state index contributed by atoms with van der Waals surface area (Å²) in [6.45, 7) is 0.0618. The van der Waals surface area contributed by atoms with Gasteiger partial charge in [0.25, 0.3) is 5.91 Å². The van der Waals surface area contributed by atoms with Crippen molar-refractivity contribution in [2.75, 3.05) is 5.32 Å². The quantitative estimate of drug-likeness (QED) is 0.561. The highest BCUT2D eigenvalue weighted by atomic mass is 19.2. The van der Waals surface area contributed by atoms with Gasteiger partial charge in [-0.05, 0) is 18.2 Å². The smallest absolute Gasteiger partial charge is 0.307 e. The molecule has 0 atom stereocenters. The van der Waals surface area contributed by atoms with Crippen molar-refractivity contribution < 1.29 is 18.5 Å². The lowest BCUT2D eigenvalue weighted by atomic mass is 10.3. The van der Waals surface area contributed by atoms with Crippen LogP contribution < -0.4 is 5.32 Å². The van der Waals surface area contributed by atoms with Crippen LogP contribution in [-0.4, -0.2) is 30.4 Å². The fourth-order valence-corrected chi connectivity index (χ4v) is 2.00. The molecule has 3 rings (SSSR count). The lowest BCUT2D eigenvalue weighted by Gasteiger charge is -2.04. The van der Waals surface area contributed by atoms with Crippen molar-refractivity contribution in [1.82, 2.24) is 19.6 Å². The first-order valence-electron chi connectivity index (χ1n) is 6.89. The average molecular weight is 348 g/mol. The number of rotatable bonds is 5. The standard InChI is InChI=1S/C14H10F2N6O3/c15-11-2-1-9(5-12(11)16)18-14(23)13-3-4-20(19-13)8-21-7-10(6-17-21)22(24)25/h1-7H,8H2,(H,18,23). The normalized spacial score (nSPS) is 10.6. The van der Waals surface area contributed by atoms with Gasteiger partial charge in [-0.25, -0.2) is 13.5 Å². The number of halogens is 2. The molecule has 0 aliphatic rings. The number of carbonyl (C=O) groups excluding carboxylic acids is 1. The second-order valence-electron chi connectivity index (χ2n) is 4.96. The predicted octanol–water partition coefficient (Wildman–Crippen LogP) is 2.02. The monoisotopic (exact) mass is 348 g/mol. The Bertz CT molecular complexity index is 952. The first-order chi connectivity index (χ1) is 11.9. The molecule has 11 heteroatoms. The lowest BCUT2D eigenvalue weighted by molar-refractivity contribution is -0.385. The van der Waals surface area contributed by atoms with Crippen LogP contribution in [0.3, 0.4) is 0 Å². The molecule has 0 saturated heterocycles. The zero-order valence-corrected chi connectivity index (χ0v) is 12.5. The van der Waals surface area contributed by atoms with Crippen LogP contribution in [0.2, 0.25) is 0 Å². The van der Waals surface area contributed by atoms with E-state index in [4.69, 9.17) is 0 Å². The van der Waals surface area contributed by atoms with Crippen LogP contribution in [0.5, 0.6) is 0 Å². The second-order valence-corrected chi connectivity index (χ2v) is 4.96. The first-order valence-corrected chi connectivity index (χ1v) is 6.89. The topological polar surface area (TPSA) is 108 Å². The number of aromatic nitrogens is 4. The molecule has 9 nitrogen and oxygen atoms in total. The molecule has 1 amide bonds. The number of anilines is 1. The first kappa shape index (κ1) is 16.2. The van der Waals surface area contributed by atoms with E-state index in [0.29, 0.717) is 0 Å². The molecular formula is C14H10F2N6O3. The van der Waals surface area contributed by atoms with Gasteiger partial charge in [-0.3, -0.25) is 19.6 Å². The Morgan fingerprint density at radius 3 is 2.72 bits per heavy atom. The third kappa shape index (κ3) is 3.65. The molecule has 0 saturated carbocycles. The molecule has 1 aromatic carbocycles. The summed E-state index contributed by atoms with van der Waals surface area (Å²) >= 11 is 0. The predicted molar refractivity (Wildman–Crippen MR) is 80.8 cm³/mol. The van der Waals surface area contributed by atoms with Crippen molar-refractivity contribution >= 4 is 17.3 Å². The molecule has 2 aromatic heterocycles. The Balaban J connectivity index is 1.68. The molecule has 0 aliphatic heterocycles. The fourth-order valence-electron chi connectivity index (χ4n) is 2.00. The van der Waals surface area contributed by atoms with Crippen molar-refractivity contribution in [2.45, 2.75) is 6.67 Å². The summed E-state index contributed by atoms with van der Waals surface area (Å²) in [6.07, 6.45) is 3.80. The van der Waals surface area contributed by atoms with Gasteiger partial charge in [0, 0.05) is 18.0 Å². The Labute approximate surface area is 138 Å². The largest absolute Gasteiger partial charge is 0.320 e. The van der Waals surface area contributed by atoms with Gasteiger partial charge >= 0.3 is 5.69 Å². The molecular weight excluding hydrogens is 338 g/mol. The van der Waals surface area contributed by atoms with Gasteiger partial charge < -0.3 is 5.32 Å². The molecule has 0 aliphatic carbocycles. The molecule has 0 unspecified atom stereocenters. The summed E-state index contributed by atoms with van der Waals surface area (Å²) in [7, 11) is 0. The number of benzene rings is 1. The maximum Gasteiger partial charge on any atom is 0.307 e. The van der Waals surface area contributed by atoms with Gasteiger partial charge in [0.15, 0.2) is 17.3 Å². The highest BCUT2D eigenvalue weighted by molar-refractivity contribution is 6.02. The minimum Gasteiger partial charge on any atom is -0.320 e. The van der Waals surface area contributed by atoms with Crippen molar-refractivity contribution in [3.05, 3.63) is 70.3 Å². The number of nitrogens with zero attached hydrogens (tertiary/aromatic N) is 5. The number of nitrogens with one attached hydrogen (secondary N) is 1. The van der Waals surface area contributed by atoms with E-state index in [1.54, 1.807) is 0 Å². The van der Waals surface area contributed by atoms with Gasteiger partial charge in [-0.2, -0.15) is 10.2 Å². The van der Waals surface area contributed by atoms with Gasteiger partial charge in [0.2, 0.25) is 0 Å². The summed E-state index contributed by atoms with van der Waals surface area (Å²) in [5, 5.41) is 20.8. The summed E-state index contributed by atoms with van der Waals surface area (Å²) in [6, 6.07) is 4.38. The number of hydrogen-bond acceptors (Lipinski definition) is 5. The Hall–Kier alpha value is -3.63. The number of hydrogen-bond donors (Lipinski definition) is 1. The molecule has 2 heterocycles. The van der Waals surface area contributed by atoms with E-state index >= 15 is 0 Å². The van der Waals surface area contributed by atoms with Gasteiger partial charge in [-0.15, -0.1) is 0 Å². The van der Waals surface area contributed by atoms with Crippen LogP contribution >= 0.6 is 0 Å². The Morgan fingerprint density at radius 2 is 2.04 bits per heavy atom. The van der Waals surface area contributed by atoms with E-state index in [1.807, 2.05) is 0 Å². The minimum atomic E-state index is -1.08. The van der Waals surface area contributed by atoms with Crippen LogP contribution in [0, 0.1) is 21.7 Å². The highest BCUT2D eigenvalue weighted by Gasteiger charge is 2.13. The molecule has 3 aromatic rings. The van der Waals surface area contributed by atoms with Crippen LogP contribution in [0.4, 0.5) is 20.2 Å². The minimum absolute atomic E-state index is 0.0337. The van der Waals surface area contributed by atoms with Crippen LogP contribution in [-0.2, 0) is 6.67 Å². The molecule has 1 N–H and O–H groups in total. The molecule has 128 valence electrons. The van der Waals surface area contributed by atoms with E-state index in [-0.39, 0.29) is 23.7 Å². The lowest BCUT2D eigenvalue weighted by Crippen LogP contribution is -2.15. The maximum atomic E-state index is 13.1. The molecule has 25 heavy (non-hydrogen) atoms.